The molecule has 1 amide bonds. The van der Waals surface area contributed by atoms with Crippen LogP contribution in [0.3, 0.4) is 0 Å². The minimum absolute atomic E-state index is 0.000517. The summed E-state index contributed by atoms with van der Waals surface area (Å²) in [7, 11) is 1.67. The Morgan fingerprint density at radius 2 is 2.03 bits per heavy atom. The maximum atomic E-state index is 14.7. The number of hydrogen-bond donors (Lipinski definition) is 2. The van der Waals surface area contributed by atoms with Gasteiger partial charge in [0.2, 0.25) is 11.9 Å². The van der Waals surface area contributed by atoms with E-state index in [0.717, 1.165) is 6.20 Å². The van der Waals surface area contributed by atoms with E-state index < -0.39 is 24.8 Å². The molecule has 5 rings (SSSR count). The molecule has 0 unspecified atom stereocenters. The Bertz CT molecular complexity index is 1430. The SMILES string of the molecule is CNc1nc(N[C@H]2CCN(C(C)=O)C[C@H]2F)nn2ccc(-c3ccc4ncc(CC(F)(F)F)n4n3)c12. The zero-order chi connectivity index (χ0) is 25.6. The number of carbonyl (C=O) groups excluding carboxylic acids is 1. The number of alkyl halides is 4. The predicted molar refractivity (Wildman–Crippen MR) is 123 cm³/mol. The van der Waals surface area contributed by atoms with E-state index in [1.807, 2.05) is 0 Å². The fourth-order valence-electron chi connectivity index (χ4n) is 4.38. The number of fused-ring (bicyclic) bond motifs is 2. The van der Waals surface area contributed by atoms with Crippen molar-refractivity contribution >= 4 is 28.8 Å². The first-order valence-electron chi connectivity index (χ1n) is 11.3. The number of piperidine rings is 1. The third-order valence-corrected chi connectivity index (χ3v) is 6.14. The van der Waals surface area contributed by atoms with Crippen LogP contribution in [0.15, 0.2) is 30.6 Å². The van der Waals surface area contributed by atoms with E-state index in [2.05, 4.69) is 30.8 Å². The summed E-state index contributed by atoms with van der Waals surface area (Å²) >= 11 is 0. The van der Waals surface area contributed by atoms with Gasteiger partial charge in [-0.05, 0) is 24.6 Å². The van der Waals surface area contributed by atoms with Crippen LogP contribution in [0, 0.1) is 0 Å². The Morgan fingerprint density at radius 3 is 2.72 bits per heavy atom. The number of nitrogens with zero attached hydrogens (tertiary/aromatic N) is 7. The molecule has 10 nitrogen and oxygen atoms in total. The number of nitrogens with one attached hydrogen (secondary N) is 2. The summed E-state index contributed by atoms with van der Waals surface area (Å²) in [5.41, 5.74) is 1.78. The normalized spacial score (nSPS) is 18.7. The lowest BCUT2D eigenvalue weighted by molar-refractivity contribution is -0.131. The van der Waals surface area contributed by atoms with Crippen LogP contribution < -0.4 is 10.6 Å². The van der Waals surface area contributed by atoms with Gasteiger partial charge in [0.15, 0.2) is 11.5 Å². The number of carbonyl (C=O) groups is 1. The molecule has 1 fully saturated rings. The lowest BCUT2D eigenvalue weighted by Crippen LogP contribution is -2.49. The largest absolute Gasteiger partial charge is 0.394 e. The molecule has 0 aliphatic carbocycles. The molecule has 190 valence electrons. The molecule has 1 aliphatic heterocycles. The molecule has 36 heavy (non-hydrogen) atoms. The van der Waals surface area contributed by atoms with Gasteiger partial charge in [-0.3, -0.25) is 4.79 Å². The van der Waals surface area contributed by atoms with Gasteiger partial charge in [0.05, 0.1) is 36.6 Å². The standard InChI is InChI=1S/C22H23F4N9O/c1-12(36)33-7-6-17(15(23)11-33)29-21-30-20(27-2)19-14(5-8-34(19)32-21)16-3-4-18-28-10-13(35(18)31-16)9-22(24,25)26/h3-5,8,10,15,17H,6-7,9,11H2,1-2H3,(H2,27,29,30,32)/t15-,17+/m1/s1. The number of rotatable bonds is 5. The minimum Gasteiger partial charge on any atom is -0.371 e. The lowest BCUT2D eigenvalue weighted by atomic mass is 10.0. The van der Waals surface area contributed by atoms with Crippen molar-refractivity contribution in [1.29, 1.82) is 0 Å². The van der Waals surface area contributed by atoms with Gasteiger partial charge in [0.1, 0.15) is 11.7 Å². The quantitative estimate of drug-likeness (QED) is 0.402. The van der Waals surface area contributed by atoms with Gasteiger partial charge in [-0.2, -0.15) is 23.3 Å². The third-order valence-electron chi connectivity index (χ3n) is 6.14. The second-order valence-electron chi connectivity index (χ2n) is 8.61. The molecule has 4 aromatic rings. The highest BCUT2D eigenvalue weighted by atomic mass is 19.4. The Hall–Kier alpha value is -3.97. The van der Waals surface area contributed by atoms with Gasteiger partial charge in [-0.25, -0.2) is 18.4 Å². The molecule has 5 heterocycles. The van der Waals surface area contributed by atoms with E-state index in [1.165, 1.54) is 16.3 Å². The van der Waals surface area contributed by atoms with Crippen molar-refractivity contribution in [3.8, 4) is 11.3 Å². The Balaban J connectivity index is 1.47. The summed E-state index contributed by atoms with van der Waals surface area (Å²) in [5.74, 6) is 0.453. The van der Waals surface area contributed by atoms with Gasteiger partial charge in [-0.15, -0.1) is 5.10 Å². The van der Waals surface area contributed by atoms with Gasteiger partial charge in [0.25, 0.3) is 0 Å². The smallest absolute Gasteiger partial charge is 0.371 e. The molecule has 2 atom stereocenters. The van der Waals surface area contributed by atoms with Gasteiger partial charge in [0, 0.05) is 32.3 Å². The van der Waals surface area contributed by atoms with E-state index >= 15 is 0 Å². The zero-order valence-corrected chi connectivity index (χ0v) is 19.4. The molecule has 0 spiro atoms. The van der Waals surface area contributed by atoms with Crippen LogP contribution in [0.2, 0.25) is 0 Å². The van der Waals surface area contributed by atoms with Crippen molar-refractivity contribution < 1.29 is 22.4 Å². The molecular formula is C22H23F4N9O. The number of amides is 1. The molecule has 0 bridgehead atoms. The first-order valence-corrected chi connectivity index (χ1v) is 11.3. The van der Waals surface area contributed by atoms with Crippen molar-refractivity contribution in [1.82, 2.24) is 34.1 Å². The topological polar surface area (TPSA) is 105 Å². The predicted octanol–water partition coefficient (Wildman–Crippen LogP) is 2.96. The summed E-state index contributed by atoms with van der Waals surface area (Å²) in [6.07, 6.45) is -3.59. The van der Waals surface area contributed by atoms with Crippen LogP contribution in [-0.2, 0) is 11.2 Å². The Labute approximate surface area is 202 Å². The van der Waals surface area contributed by atoms with Crippen molar-refractivity contribution in [2.75, 3.05) is 30.8 Å². The average molecular weight is 505 g/mol. The lowest BCUT2D eigenvalue weighted by Gasteiger charge is -2.34. The highest BCUT2D eigenvalue weighted by molar-refractivity contribution is 5.87. The summed E-state index contributed by atoms with van der Waals surface area (Å²) in [4.78, 5) is 21.5. The summed E-state index contributed by atoms with van der Waals surface area (Å²) in [6.45, 7) is 1.85. The van der Waals surface area contributed by atoms with E-state index in [1.54, 1.807) is 36.0 Å². The Morgan fingerprint density at radius 1 is 1.22 bits per heavy atom. The van der Waals surface area contributed by atoms with Crippen LogP contribution in [0.1, 0.15) is 19.0 Å². The molecule has 1 aliphatic rings. The van der Waals surface area contributed by atoms with Gasteiger partial charge >= 0.3 is 6.18 Å². The van der Waals surface area contributed by atoms with Crippen molar-refractivity contribution in [3.63, 3.8) is 0 Å². The molecule has 2 N–H and O–H groups in total. The zero-order valence-electron chi connectivity index (χ0n) is 19.4. The fourth-order valence-corrected chi connectivity index (χ4v) is 4.38. The Kier molecular flexibility index (Phi) is 5.88. The van der Waals surface area contributed by atoms with Crippen LogP contribution in [0.5, 0.6) is 0 Å². The molecular weight excluding hydrogens is 482 g/mol. The molecule has 0 radical (unpaired) electrons. The van der Waals surface area contributed by atoms with Crippen LogP contribution in [-0.4, -0.2) is 78.5 Å². The molecule has 0 saturated carbocycles. The number of anilines is 2. The van der Waals surface area contributed by atoms with E-state index in [9.17, 15) is 22.4 Å². The van der Waals surface area contributed by atoms with E-state index in [4.69, 9.17) is 0 Å². The number of halogens is 4. The molecule has 4 aromatic heterocycles. The highest BCUT2D eigenvalue weighted by Crippen LogP contribution is 2.30. The second kappa shape index (κ2) is 8.91. The van der Waals surface area contributed by atoms with Crippen molar-refractivity contribution in [2.24, 2.45) is 0 Å². The number of aromatic nitrogens is 6. The minimum atomic E-state index is -4.39. The van der Waals surface area contributed by atoms with Gasteiger partial charge in [-0.1, -0.05) is 0 Å². The van der Waals surface area contributed by atoms with Crippen LogP contribution in [0.4, 0.5) is 29.3 Å². The number of imidazole rings is 1. The highest BCUT2D eigenvalue weighted by Gasteiger charge is 2.32. The molecule has 0 aromatic carbocycles. The summed E-state index contributed by atoms with van der Waals surface area (Å²) in [6, 6.07) is 4.43. The average Bonchev–Trinajstić information content (AvgIpc) is 3.42. The van der Waals surface area contributed by atoms with E-state index in [-0.39, 0.29) is 24.1 Å². The second-order valence-corrected chi connectivity index (χ2v) is 8.61. The van der Waals surface area contributed by atoms with Gasteiger partial charge < -0.3 is 15.5 Å². The van der Waals surface area contributed by atoms with Crippen molar-refractivity contribution in [2.45, 2.75) is 38.2 Å². The van der Waals surface area contributed by atoms with Crippen LogP contribution >= 0.6 is 0 Å². The molecule has 14 heteroatoms. The maximum Gasteiger partial charge on any atom is 0.394 e. The number of likely N-dealkylation sites (tertiary alicyclic amines) is 1. The molecule has 1 saturated heterocycles. The maximum absolute atomic E-state index is 14.7. The third kappa shape index (κ3) is 4.50. The summed E-state index contributed by atoms with van der Waals surface area (Å²) < 4.78 is 56.3. The fraction of sp³-hybridized carbons (Fsp3) is 0.409. The summed E-state index contributed by atoms with van der Waals surface area (Å²) in [5, 5.41) is 14.9. The first-order chi connectivity index (χ1) is 17.1. The monoisotopic (exact) mass is 505 g/mol. The van der Waals surface area contributed by atoms with E-state index in [0.29, 0.717) is 41.2 Å². The first kappa shape index (κ1) is 23.8. The van der Waals surface area contributed by atoms with Crippen molar-refractivity contribution in [3.05, 3.63) is 36.3 Å². The number of hydrogen-bond acceptors (Lipinski definition) is 7. The van der Waals surface area contributed by atoms with Crippen LogP contribution in [0.25, 0.3) is 22.4 Å².